The van der Waals surface area contributed by atoms with Gasteiger partial charge < -0.3 is 22.3 Å². The van der Waals surface area contributed by atoms with E-state index >= 15 is 0 Å². The molecule has 9 heteroatoms. The van der Waals surface area contributed by atoms with Crippen molar-refractivity contribution in [2.24, 2.45) is 17.2 Å². The van der Waals surface area contributed by atoms with E-state index in [0.717, 1.165) is 0 Å². The van der Waals surface area contributed by atoms with Crippen molar-refractivity contribution >= 4 is 17.9 Å². The third kappa shape index (κ3) is 10.9. The first-order valence-electron chi connectivity index (χ1n) is 7.95. The van der Waals surface area contributed by atoms with Crippen LogP contribution in [0.3, 0.4) is 0 Å². The summed E-state index contributed by atoms with van der Waals surface area (Å²) in [5.74, 6) is -1.05. The topological polar surface area (TPSA) is 176 Å². The highest BCUT2D eigenvalue weighted by Crippen LogP contribution is 2.14. The quantitative estimate of drug-likeness (QED) is 0.352. The van der Waals surface area contributed by atoms with Gasteiger partial charge in [-0.2, -0.15) is 0 Å². The van der Waals surface area contributed by atoms with Gasteiger partial charge in [-0.1, -0.05) is 19.3 Å². The molecular weight excluding hydrogens is 328 g/mol. The fraction of sp³-hybridized carbons (Fsp3) is 0.500. The molecule has 0 aliphatic heterocycles. The molecular formula is C16H26N4O5. The van der Waals surface area contributed by atoms with Gasteiger partial charge in [-0.15, -0.1) is 0 Å². The first kappa shape index (κ1) is 22.6. The van der Waals surface area contributed by atoms with Crippen LogP contribution in [0.4, 0.5) is 5.69 Å². The van der Waals surface area contributed by atoms with E-state index in [4.69, 9.17) is 22.3 Å². The Morgan fingerprint density at radius 2 is 1.80 bits per heavy atom. The molecule has 0 saturated heterocycles. The molecule has 1 unspecified atom stereocenters. The summed E-state index contributed by atoms with van der Waals surface area (Å²) < 4.78 is 0. The molecule has 7 N–H and O–H groups in total. The number of nitro groups is 1. The Kier molecular flexibility index (Phi) is 11.8. The van der Waals surface area contributed by atoms with Crippen molar-refractivity contribution in [1.29, 1.82) is 0 Å². The number of carboxylic acid groups (broad SMARTS) is 1. The highest BCUT2D eigenvalue weighted by Gasteiger charge is 2.06. The Hall–Kier alpha value is -2.36. The van der Waals surface area contributed by atoms with Crippen LogP contribution in [0, 0.1) is 10.1 Å². The van der Waals surface area contributed by atoms with Crippen molar-refractivity contribution in [3.8, 4) is 0 Å². The number of hydrogen-bond acceptors (Lipinski definition) is 7. The van der Waals surface area contributed by atoms with Gasteiger partial charge in [0.1, 0.15) is 12.3 Å². The zero-order valence-corrected chi connectivity index (χ0v) is 14.0. The largest absolute Gasteiger partial charge is 0.480 e. The number of aliphatic carboxylic acids is 1. The molecule has 25 heavy (non-hydrogen) atoms. The molecule has 1 aromatic rings. The summed E-state index contributed by atoms with van der Waals surface area (Å²) >= 11 is 0. The number of nitro benzene ring substituents is 1. The minimum absolute atomic E-state index is 0.00407. The Morgan fingerprint density at radius 3 is 2.04 bits per heavy atom. The second-order valence-corrected chi connectivity index (χ2v) is 5.55. The molecule has 0 spiro atoms. The van der Waals surface area contributed by atoms with Crippen LogP contribution in [0.2, 0.25) is 0 Å². The summed E-state index contributed by atoms with van der Waals surface area (Å²) in [5.41, 5.74) is 15.8. The minimum Gasteiger partial charge on any atom is -0.480 e. The van der Waals surface area contributed by atoms with E-state index in [9.17, 15) is 19.7 Å². The number of carbonyl (C=O) groups is 2. The van der Waals surface area contributed by atoms with Crippen LogP contribution in [-0.4, -0.2) is 40.9 Å². The van der Waals surface area contributed by atoms with E-state index in [-0.39, 0.29) is 12.2 Å². The molecule has 2 rings (SSSR count). The number of non-ortho nitro benzene ring substituents is 1. The van der Waals surface area contributed by atoms with Crippen LogP contribution >= 0.6 is 0 Å². The van der Waals surface area contributed by atoms with E-state index in [0.29, 0.717) is 17.9 Å². The number of hydrogen-bond donors (Lipinski definition) is 4. The summed E-state index contributed by atoms with van der Waals surface area (Å²) in [5, 5.41) is 18.1. The van der Waals surface area contributed by atoms with Crippen LogP contribution in [0.15, 0.2) is 24.3 Å². The fourth-order valence-corrected chi connectivity index (χ4v) is 1.91. The highest BCUT2D eigenvalue weighted by atomic mass is 16.6. The van der Waals surface area contributed by atoms with Crippen LogP contribution in [-0.2, 0) is 4.79 Å². The zero-order valence-electron chi connectivity index (χ0n) is 14.0. The fourth-order valence-electron chi connectivity index (χ4n) is 1.91. The van der Waals surface area contributed by atoms with Gasteiger partial charge in [-0.05, 0) is 25.0 Å². The molecule has 140 valence electrons. The first-order chi connectivity index (χ1) is 11.8. The maximum absolute atomic E-state index is 10.1. The zero-order chi connectivity index (χ0) is 19.2. The molecule has 1 aromatic carbocycles. The lowest BCUT2D eigenvalue weighted by Gasteiger charge is -2.15. The lowest BCUT2D eigenvalue weighted by atomic mass is 9.97. The van der Waals surface area contributed by atoms with Gasteiger partial charge in [0.05, 0.1) is 4.92 Å². The Morgan fingerprint density at radius 1 is 1.28 bits per heavy atom. The number of aldehydes is 1. The third-order valence-corrected chi connectivity index (χ3v) is 3.46. The molecule has 0 bridgehead atoms. The number of rotatable bonds is 4. The second-order valence-electron chi connectivity index (χ2n) is 5.55. The predicted molar refractivity (Wildman–Crippen MR) is 94.2 cm³/mol. The lowest BCUT2D eigenvalue weighted by molar-refractivity contribution is -0.384. The molecule has 9 nitrogen and oxygen atoms in total. The van der Waals surface area contributed by atoms with Gasteiger partial charge in [-0.3, -0.25) is 19.7 Å². The van der Waals surface area contributed by atoms with Gasteiger partial charge in [0.15, 0.2) is 0 Å². The summed E-state index contributed by atoms with van der Waals surface area (Å²) in [6.45, 7) is -0.00463. The van der Waals surface area contributed by atoms with Crippen molar-refractivity contribution in [3.05, 3.63) is 39.9 Å². The normalized spacial score (nSPS) is 14.8. The van der Waals surface area contributed by atoms with Gasteiger partial charge in [-0.25, -0.2) is 0 Å². The van der Waals surface area contributed by atoms with Crippen LogP contribution in [0.1, 0.15) is 42.5 Å². The van der Waals surface area contributed by atoms with Crippen molar-refractivity contribution in [3.63, 3.8) is 0 Å². The SMILES string of the molecule is NC1CCCCC1.NCC(N)C(=O)O.O=Cc1ccc([N+](=O)[O-])cc1. The average molecular weight is 354 g/mol. The highest BCUT2D eigenvalue weighted by molar-refractivity contribution is 5.75. The molecule has 0 radical (unpaired) electrons. The van der Waals surface area contributed by atoms with Crippen molar-refractivity contribution in [2.75, 3.05) is 6.54 Å². The van der Waals surface area contributed by atoms with Crippen molar-refractivity contribution in [2.45, 2.75) is 44.2 Å². The molecule has 1 atom stereocenters. The molecule has 0 amide bonds. The molecule has 0 heterocycles. The number of nitrogens with zero attached hydrogens (tertiary/aromatic N) is 1. The van der Waals surface area contributed by atoms with Gasteiger partial charge in [0.25, 0.3) is 5.69 Å². The smallest absolute Gasteiger partial charge is 0.321 e. The maximum Gasteiger partial charge on any atom is 0.321 e. The second kappa shape index (κ2) is 13.0. The summed E-state index contributed by atoms with van der Waals surface area (Å²) in [6, 6.07) is 5.04. The van der Waals surface area contributed by atoms with Crippen molar-refractivity contribution < 1.29 is 19.6 Å². The lowest BCUT2D eigenvalue weighted by Crippen LogP contribution is -2.37. The molecule has 1 aliphatic rings. The van der Waals surface area contributed by atoms with E-state index in [1.54, 1.807) is 0 Å². The van der Waals surface area contributed by atoms with Crippen LogP contribution in [0.25, 0.3) is 0 Å². The predicted octanol–water partition coefficient (Wildman–Crippen LogP) is 1.04. The Labute approximate surface area is 146 Å². The standard InChI is InChI=1S/C7H5NO3.C6H13N.C3H8N2O2/c9-5-6-1-3-7(4-2-6)8(10)11;7-6-4-2-1-3-5-6;4-1-2(5)3(6)7/h1-5H;6H,1-5,7H2;2H,1,4-5H2,(H,6,7). The number of benzene rings is 1. The number of nitrogens with two attached hydrogens (primary N) is 3. The number of carbonyl (C=O) groups excluding carboxylic acids is 1. The molecule has 1 saturated carbocycles. The van der Waals surface area contributed by atoms with Gasteiger partial charge in [0, 0.05) is 30.3 Å². The van der Waals surface area contributed by atoms with Crippen molar-refractivity contribution in [1.82, 2.24) is 0 Å². The molecule has 0 aromatic heterocycles. The van der Waals surface area contributed by atoms with Gasteiger partial charge >= 0.3 is 5.97 Å². The van der Waals surface area contributed by atoms with E-state index < -0.39 is 16.9 Å². The van der Waals surface area contributed by atoms with E-state index in [2.05, 4.69) is 0 Å². The molecule has 1 fully saturated rings. The summed E-state index contributed by atoms with van der Waals surface area (Å²) in [4.78, 5) is 29.5. The number of carboxylic acids is 1. The van der Waals surface area contributed by atoms with E-state index in [1.807, 2.05) is 0 Å². The van der Waals surface area contributed by atoms with Crippen LogP contribution in [0.5, 0.6) is 0 Å². The minimum atomic E-state index is -1.05. The molecule has 1 aliphatic carbocycles. The summed E-state index contributed by atoms with van der Waals surface area (Å²) in [7, 11) is 0. The Bertz CT molecular complexity index is 530. The average Bonchev–Trinajstić information content (AvgIpc) is 2.62. The van der Waals surface area contributed by atoms with Crippen LogP contribution < -0.4 is 17.2 Å². The monoisotopic (exact) mass is 354 g/mol. The first-order valence-corrected chi connectivity index (χ1v) is 7.95. The maximum atomic E-state index is 10.1. The van der Waals surface area contributed by atoms with Gasteiger partial charge in [0.2, 0.25) is 0 Å². The van der Waals surface area contributed by atoms with E-state index in [1.165, 1.54) is 56.4 Å². The third-order valence-electron chi connectivity index (χ3n) is 3.46. The summed E-state index contributed by atoms with van der Waals surface area (Å²) in [6.07, 6.45) is 7.31. The Balaban J connectivity index is 0.000000362.